The van der Waals surface area contributed by atoms with Crippen molar-refractivity contribution in [3.05, 3.63) is 41.5 Å². The fraction of sp³-hybridized carbons (Fsp3) is 0.438. The number of aryl methyl sites for hydroxylation is 1. The SMILES string of the molecule is Cc1nc([C@H]2CCCN(C(=O)c3ccc([S@](C)=O)cc3)C2)no1. The smallest absolute Gasteiger partial charge is 0.253 e. The standard InChI is InChI=1S/C16H19N3O3S/c1-11-17-15(18-22-11)13-4-3-9-19(10-13)16(20)12-5-7-14(8-6-12)23(2)21/h5-8,13H,3-4,9-10H2,1-2H3/t13-,23-/m0/s1. The minimum atomic E-state index is -1.04. The molecule has 0 aliphatic carbocycles. The van der Waals surface area contributed by atoms with E-state index in [0.29, 0.717) is 23.8 Å². The van der Waals surface area contributed by atoms with Crippen molar-refractivity contribution < 1.29 is 13.5 Å². The molecule has 2 heterocycles. The summed E-state index contributed by atoms with van der Waals surface area (Å²) in [5.74, 6) is 1.33. The van der Waals surface area contributed by atoms with Gasteiger partial charge in [-0.15, -0.1) is 0 Å². The molecule has 1 fully saturated rings. The minimum Gasteiger partial charge on any atom is -0.340 e. The summed E-state index contributed by atoms with van der Waals surface area (Å²) < 4.78 is 16.5. The lowest BCUT2D eigenvalue weighted by molar-refractivity contribution is 0.0703. The Morgan fingerprint density at radius 2 is 2.09 bits per heavy atom. The molecule has 3 rings (SSSR count). The summed E-state index contributed by atoms with van der Waals surface area (Å²) in [4.78, 5) is 19.5. The summed E-state index contributed by atoms with van der Waals surface area (Å²) in [5, 5.41) is 3.98. The van der Waals surface area contributed by atoms with Crippen LogP contribution in [0.5, 0.6) is 0 Å². The fourth-order valence-corrected chi connectivity index (χ4v) is 3.34. The maximum Gasteiger partial charge on any atom is 0.253 e. The van der Waals surface area contributed by atoms with Gasteiger partial charge in [-0.05, 0) is 37.1 Å². The third-order valence-corrected chi connectivity index (χ3v) is 4.99. The Morgan fingerprint density at radius 3 is 2.70 bits per heavy atom. The van der Waals surface area contributed by atoms with E-state index in [1.54, 1.807) is 37.4 Å². The van der Waals surface area contributed by atoms with Gasteiger partial charge < -0.3 is 9.42 Å². The van der Waals surface area contributed by atoms with Gasteiger partial charge in [0.15, 0.2) is 5.82 Å². The Hall–Kier alpha value is -2.02. The second-order valence-electron chi connectivity index (χ2n) is 5.74. The van der Waals surface area contributed by atoms with Gasteiger partial charge in [-0.3, -0.25) is 9.00 Å². The molecule has 1 saturated heterocycles. The molecule has 1 aromatic heterocycles. The molecule has 1 aliphatic heterocycles. The van der Waals surface area contributed by atoms with Gasteiger partial charge in [0.05, 0.1) is 0 Å². The van der Waals surface area contributed by atoms with Gasteiger partial charge in [-0.2, -0.15) is 4.98 Å². The Balaban J connectivity index is 1.72. The van der Waals surface area contributed by atoms with Crippen molar-refractivity contribution in [3.8, 4) is 0 Å². The molecule has 0 radical (unpaired) electrons. The number of benzene rings is 1. The molecule has 23 heavy (non-hydrogen) atoms. The average Bonchev–Trinajstić information content (AvgIpc) is 3.01. The van der Waals surface area contributed by atoms with Crippen LogP contribution in [0.2, 0.25) is 0 Å². The zero-order valence-corrected chi connectivity index (χ0v) is 14.0. The molecule has 0 spiro atoms. The molecule has 7 heteroatoms. The maximum atomic E-state index is 12.6. The van der Waals surface area contributed by atoms with Gasteiger partial charge in [0.1, 0.15) is 0 Å². The fourth-order valence-electron chi connectivity index (χ4n) is 2.82. The normalized spacial score (nSPS) is 19.6. The van der Waals surface area contributed by atoms with Crippen molar-refractivity contribution in [1.29, 1.82) is 0 Å². The number of carbonyl (C=O) groups is 1. The van der Waals surface area contributed by atoms with Crippen LogP contribution in [0.15, 0.2) is 33.7 Å². The molecule has 122 valence electrons. The van der Waals surface area contributed by atoms with Crippen LogP contribution in [-0.2, 0) is 10.8 Å². The van der Waals surface area contributed by atoms with Gasteiger partial charge in [0.2, 0.25) is 5.89 Å². The topological polar surface area (TPSA) is 76.3 Å². The third-order valence-electron chi connectivity index (χ3n) is 4.05. The second-order valence-corrected chi connectivity index (χ2v) is 7.12. The van der Waals surface area contributed by atoms with Crippen molar-refractivity contribution >= 4 is 16.7 Å². The number of likely N-dealkylation sites (tertiary alicyclic amines) is 1. The number of hydrogen-bond donors (Lipinski definition) is 0. The predicted molar refractivity (Wildman–Crippen MR) is 85.7 cm³/mol. The van der Waals surface area contributed by atoms with E-state index in [4.69, 9.17) is 4.52 Å². The highest BCUT2D eigenvalue weighted by Gasteiger charge is 2.28. The molecule has 1 aromatic carbocycles. The molecule has 2 atom stereocenters. The lowest BCUT2D eigenvalue weighted by Crippen LogP contribution is -2.39. The summed E-state index contributed by atoms with van der Waals surface area (Å²) >= 11 is 0. The predicted octanol–water partition coefficient (Wildman–Crippen LogP) is 2.14. The molecular formula is C16H19N3O3S. The van der Waals surface area contributed by atoms with Gasteiger partial charge in [-0.25, -0.2) is 0 Å². The summed E-state index contributed by atoms with van der Waals surface area (Å²) in [6.45, 7) is 3.09. The molecule has 1 aliphatic rings. The number of aromatic nitrogens is 2. The number of rotatable bonds is 3. The largest absolute Gasteiger partial charge is 0.340 e. The number of carbonyl (C=O) groups excluding carboxylic acids is 1. The van der Waals surface area contributed by atoms with Gasteiger partial charge in [-0.1, -0.05) is 5.16 Å². The first kappa shape index (κ1) is 15.9. The lowest BCUT2D eigenvalue weighted by Gasteiger charge is -2.31. The second kappa shape index (κ2) is 6.62. The van der Waals surface area contributed by atoms with E-state index in [0.717, 1.165) is 24.3 Å². The zero-order chi connectivity index (χ0) is 16.4. The van der Waals surface area contributed by atoms with E-state index in [2.05, 4.69) is 10.1 Å². The van der Waals surface area contributed by atoms with Crippen molar-refractivity contribution in [1.82, 2.24) is 15.0 Å². The number of piperidine rings is 1. The van der Waals surface area contributed by atoms with Crippen LogP contribution in [0.4, 0.5) is 0 Å². The monoisotopic (exact) mass is 333 g/mol. The maximum absolute atomic E-state index is 12.6. The van der Waals surface area contributed by atoms with E-state index >= 15 is 0 Å². The molecular weight excluding hydrogens is 314 g/mol. The first-order chi connectivity index (χ1) is 11.0. The van der Waals surface area contributed by atoms with E-state index in [1.165, 1.54) is 0 Å². The molecule has 6 nitrogen and oxygen atoms in total. The molecule has 0 unspecified atom stereocenters. The van der Waals surface area contributed by atoms with E-state index < -0.39 is 10.8 Å². The molecule has 0 bridgehead atoms. The van der Waals surface area contributed by atoms with Crippen molar-refractivity contribution in [2.24, 2.45) is 0 Å². The molecule has 1 amide bonds. The van der Waals surface area contributed by atoms with E-state index in [-0.39, 0.29) is 11.8 Å². The highest BCUT2D eigenvalue weighted by Crippen LogP contribution is 2.26. The average molecular weight is 333 g/mol. The summed E-state index contributed by atoms with van der Waals surface area (Å²) in [7, 11) is -1.04. The van der Waals surface area contributed by atoms with Crippen molar-refractivity contribution in [3.63, 3.8) is 0 Å². The summed E-state index contributed by atoms with van der Waals surface area (Å²) in [5.41, 5.74) is 0.615. The number of nitrogens with zero attached hydrogens (tertiary/aromatic N) is 3. The first-order valence-corrected chi connectivity index (χ1v) is 9.13. The lowest BCUT2D eigenvalue weighted by atomic mass is 9.96. The van der Waals surface area contributed by atoms with Crippen LogP contribution in [0, 0.1) is 6.92 Å². The van der Waals surface area contributed by atoms with E-state index in [1.807, 2.05) is 4.90 Å². The van der Waals surface area contributed by atoms with Crippen LogP contribution < -0.4 is 0 Å². The molecule has 2 aromatic rings. The van der Waals surface area contributed by atoms with Crippen molar-refractivity contribution in [2.75, 3.05) is 19.3 Å². The minimum absolute atomic E-state index is 0.0108. The van der Waals surface area contributed by atoms with Crippen LogP contribution in [-0.4, -0.2) is 44.5 Å². The van der Waals surface area contributed by atoms with Gasteiger partial charge in [0, 0.05) is 53.4 Å². The highest BCUT2D eigenvalue weighted by atomic mass is 32.2. The summed E-state index contributed by atoms with van der Waals surface area (Å²) in [6, 6.07) is 6.96. The van der Waals surface area contributed by atoms with E-state index in [9.17, 15) is 9.00 Å². The Bertz CT molecular complexity index is 726. The number of hydrogen-bond acceptors (Lipinski definition) is 5. The van der Waals surface area contributed by atoms with Crippen LogP contribution in [0.1, 0.15) is 40.8 Å². The van der Waals surface area contributed by atoms with Crippen molar-refractivity contribution in [2.45, 2.75) is 30.6 Å². The highest BCUT2D eigenvalue weighted by molar-refractivity contribution is 7.84. The quantitative estimate of drug-likeness (QED) is 0.860. The third kappa shape index (κ3) is 3.50. The molecule has 0 N–H and O–H groups in total. The zero-order valence-electron chi connectivity index (χ0n) is 13.2. The molecule has 0 saturated carbocycles. The Labute approximate surface area is 137 Å². The Morgan fingerprint density at radius 1 is 1.35 bits per heavy atom. The van der Waals surface area contributed by atoms with Gasteiger partial charge in [0.25, 0.3) is 5.91 Å². The Kier molecular flexibility index (Phi) is 4.56. The summed E-state index contributed by atoms with van der Waals surface area (Å²) in [6.07, 6.45) is 3.50. The van der Waals surface area contributed by atoms with Crippen LogP contribution in [0.25, 0.3) is 0 Å². The first-order valence-electron chi connectivity index (χ1n) is 7.57. The van der Waals surface area contributed by atoms with Crippen LogP contribution >= 0.6 is 0 Å². The number of amides is 1. The van der Waals surface area contributed by atoms with Gasteiger partial charge >= 0.3 is 0 Å². The van der Waals surface area contributed by atoms with Crippen LogP contribution in [0.3, 0.4) is 0 Å².